The third-order valence-corrected chi connectivity index (χ3v) is 7.69. The van der Waals surface area contributed by atoms with Crippen molar-refractivity contribution >= 4 is 0 Å². The van der Waals surface area contributed by atoms with Gasteiger partial charge < -0.3 is 0 Å². The fourth-order valence-electron chi connectivity index (χ4n) is 5.37. The Bertz CT molecular complexity index is 325. The van der Waals surface area contributed by atoms with Gasteiger partial charge in [0.1, 0.15) is 0 Å². The first-order valence-electron chi connectivity index (χ1n) is 10.7. The van der Waals surface area contributed by atoms with Crippen molar-refractivity contribution in [3.8, 4) is 0 Å². The van der Waals surface area contributed by atoms with Crippen molar-refractivity contribution in [1.29, 1.82) is 0 Å². The molecule has 0 nitrogen and oxygen atoms in total. The highest BCUT2D eigenvalue weighted by molar-refractivity contribution is 4.94. The third kappa shape index (κ3) is 5.79. The highest BCUT2D eigenvalue weighted by atomic mass is 14.5. The van der Waals surface area contributed by atoms with Gasteiger partial charge >= 0.3 is 0 Å². The van der Waals surface area contributed by atoms with E-state index in [1.807, 2.05) is 0 Å². The van der Waals surface area contributed by atoms with Gasteiger partial charge in [0.25, 0.3) is 0 Å². The van der Waals surface area contributed by atoms with Crippen molar-refractivity contribution in [3.05, 3.63) is 0 Å². The fourth-order valence-corrected chi connectivity index (χ4v) is 5.37. The molecule has 0 N–H and O–H groups in total. The molecule has 0 aromatic carbocycles. The van der Waals surface area contributed by atoms with Gasteiger partial charge in [0.2, 0.25) is 0 Å². The lowest BCUT2D eigenvalue weighted by atomic mass is 9.65. The molecule has 1 fully saturated rings. The Labute approximate surface area is 148 Å². The van der Waals surface area contributed by atoms with Crippen LogP contribution >= 0.6 is 0 Å². The summed E-state index contributed by atoms with van der Waals surface area (Å²) < 4.78 is 0. The molecule has 0 aromatic heterocycles. The maximum atomic E-state index is 2.56. The fraction of sp³-hybridized carbons (Fsp3) is 1.00. The van der Waals surface area contributed by atoms with Crippen LogP contribution in [0.5, 0.6) is 0 Å². The molecule has 1 saturated carbocycles. The summed E-state index contributed by atoms with van der Waals surface area (Å²) in [6.07, 6.45) is 8.59. The van der Waals surface area contributed by atoms with E-state index in [4.69, 9.17) is 0 Å². The Morgan fingerprint density at radius 3 is 1.74 bits per heavy atom. The molecular formula is C23H46. The van der Waals surface area contributed by atoms with E-state index in [-0.39, 0.29) is 0 Å². The average Bonchev–Trinajstić information content (AvgIpc) is 3.25. The van der Waals surface area contributed by atoms with Crippen LogP contribution in [0.25, 0.3) is 0 Å². The molecule has 1 aliphatic rings. The van der Waals surface area contributed by atoms with E-state index in [1.165, 1.54) is 38.5 Å². The molecule has 0 aromatic rings. The Morgan fingerprint density at radius 1 is 0.783 bits per heavy atom. The van der Waals surface area contributed by atoms with Crippen LogP contribution in [0.1, 0.15) is 101 Å². The molecule has 0 heterocycles. The molecule has 0 saturated heterocycles. The van der Waals surface area contributed by atoms with Crippen LogP contribution in [0, 0.1) is 46.8 Å². The van der Waals surface area contributed by atoms with E-state index in [1.54, 1.807) is 0 Å². The summed E-state index contributed by atoms with van der Waals surface area (Å²) in [5.41, 5.74) is 0.734. The Balaban J connectivity index is 2.71. The van der Waals surface area contributed by atoms with Crippen LogP contribution in [0.2, 0.25) is 0 Å². The highest BCUT2D eigenvalue weighted by Crippen LogP contribution is 2.55. The van der Waals surface area contributed by atoms with Crippen LogP contribution in [0.3, 0.4) is 0 Å². The van der Waals surface area contributed by atoms with E-state index in [9.17, 15) is 0 Å². The monoisotopic (exact) mass is 322 g/mol. The van der Waals surface area contributed by atoms with Gasteiger partial charge in [-0.15, -0.1) is 0 Å². The molecule has 0 amide bonds. The summed E-state index contributed by atoms with van der Waals surface area (Å²) in [7, 11) is 0. The molecular weight excluding hydrogens is 276 g/mol. The topological polar surface area (TPSA) is 0 Å². The first-order valence-corrected chi connectivity index (χ1v) is 10.7. The molecule has 1 rings (SSSR count). The second-order valence-electron chi connectivity index (χ2n) is 9.80. The first-order chi connectivity index (χ1) is 10.7. The van der Waals surface area contributed by atoms with Crippen LogP contribution < -0.4 is 0 Å². The minimum absolute atomic E-state index is 0.734. The molecule has 138 valence electrons. The Morgan fingerprint density at radius 2 is 1.35 bits per heavy atom. The van der Waals surface area contributed by atoms with Crippen LogP contribution in [0.4, 0.5) is 0 Å². The van der Waals surface area contributed by atoms with Crippen molar-refractivity contribution in [3.63, 3.8) is 0 Å². The summed E-state index contributed by atoms with van der Waals surface area (Å²) >= 11 is 0. The normalized spacial score (nSPS) is 24.8. The van der Waals surface area contributed by atoms with Gasteiger partial charge in [-0.1, -0.05) is 75.2 Å². The standard InChI is InChI=1S/C23H46/c1-10-17(5)14-18(6)20(8)21(9)22(16(3)4)19(7)15-23(11-2)12-13-23/h16-22H,10-15H2,1-9H3. The minimum Gasteiger partial charge on any atom is -0.0651 e. The average molecular weight is 323 g/mol. The van der Waals surface area contributed by atoms with E-state index < -0.39 is 0 Å². The smallest absolute Gasteiger partial charge is 0.0297 e. The van der Waals surface area contributed by atoms with Gasteiger partial charge in [0.05, 0.1) is 0 Å². The lowest BCUT2D eigenvalue weighted by Crippen LogP contribution is -2.33. The van der Waals surface area contributed by atoms with E-state index in [0.29, 0.717) is 0 Å². The first kappa shape index (κ1) is 21.0. The summed E-state index contributed by atoms with van der Waals surface area (Å²) in [5.74, 6) is 6.00. The van der Waals surface area contributed by atoms with Gasteiger partial charge in [0.15, 0.2) is 0 Å². The van der Waals surface area contributed by atoms with Gasteiger partial charge in [-0.25, -0.2) is 0 Å². The van der Waals surface area contributed by atoms with E-state index in [0.717, 1.165) is 46.8 Å². The Kier molecular flexibility index (Phi) is 8.15. The third-order valence-electron chi connectivity index (χ3n) is 7.69. The van der Waals surface area contributed by atoms with Crippen molar-refractivity contribution in [2.24, 2.45) is 46.8 Å². The molecule has 0 spiro atoms. The van der Waals surface area contributed by atoms with E-state index in [2.05, 4.69) is 62.3 Å². The summed E-state index contributed by atoms with van der Waals surface area (Å²) in [4.78, 5) is 0. The SMILES string of the molecule is CCC(C)CC(C)C(C)C(C)C(C(C)C)C(C)CC1(CC)CC1. The number of hydrogen-bond donors (Lipinski definition) is 0. The summed E-state index contributed by atoms with van der Waals surface area (Å²) in [5, 5.41) is 0. The predicted molar refractivity (Wildman–Crippen MR) is 106 cm³/mol. The predicted octanol–water partition coefficient (Wildman–Crippen LogP) is 7.82. The van der Waals surface area contributed by atoms with Crippen molar-refractivity contribution in [1.82, 2.24) is 0 Å². The maximum Gasteiger partial charge on any atom is -0.0297 e. The second-order valence-corrected chi connectivity index (χ2v) is 9.80. The van der Waals surface area contributed by atoms with Crippen molar-refractivity contribution in [2.75, 3.05) is 0 Å². The van der Waals surface area contributed by atoms with Crippen molar-refractivity contribution in [2.45, 2.75) is 101 Å². The maximum absolute atomic E-state index is 2.56. The van der Waals surface area contributed by atoms with Gasteiger partial charge in [-0.05, 0) is 72.5 Å². The van der Waals surface area contributed by atoms with Gasteiger partial charge in [-0.3, -0.25) is 0 Å². The van der Waals surface area contributed by atoms with Gasteiger partial charge in [-0.2, -0.15) is 0 Å². The van der Waals surface area contributed by atoms with Crippen LogP contribution in [-0.2, 0) is 0 Å². The molecule has 0 aliphatic heterocycles. The molecule has 6 atom stereocenters. The number of hydrogen-bond acceptors (Lipinski definition) is 0. The number of rotatable bonds is 11. The molecule has 1 aliphatic carbocycles. The lowest BCUT2D eigenvalue weighted by molar-refractivity contribution is 0.0909. The van der Waals surface area contributed by atoms with Gasteiger partial charge in [0, 0.05) is 0 Å². The van der Waals surface area contributed by atoms with E-state index >= 15 is 0 Å². The molecule has 6 unspecified atom stereocenters. The summed E-state index contributed by atoms with van der Waals surface area (Å²) in [6.45, 7) is 22.3. The Hall–Kier alpha value is 0. The zero-order chi connectivity index (χ0) is 17.8. The van der Waals surface area contributed by atoms with Crippen LogP contribution in [0.15, 0.2) is 0 Å². The molecule has 0 bridgehead atoms. The largest absolute Gasteiger partial charge is 0.0651 e. The second kappa shape index (κ2) is 8.91. The van der Waals surface area contributed by atoms with Crippen LogP contribution in [-0.4, -0.2) is 0 Å². The highest BCUT2D eigenvalue weighted by Gasteiger charge is 2.44. The quantitative estimate of drug-likeness (QED) is 0.363. The zero-order valence-corrected chi connectivity index (χ0v) is 17.8. The molecule has 23 heavy (non-hydrogen) atoms. The molecule has 0 radical (unpaired) electrons. The summed E-state index contributed by atoms with van der Waals surface area (Å²) in [6, 6.07) is 0. The van der Waals surface area contributed by atoms with Crippen molar-refractivity contribution < 1.29 is 0 Å². The lowest BCUT2D eigenvalue weighted by Gasteiger charge is -2.40. The minimum atomic E-state index is 0.734. The zero-order valence-electron chi connectivity index (χ0n) is 17.8. The molecule has 0 heteroatoms.